The third kappa shape index (κ3) is 5.53. The number of hydrogen-bond donors (Lipinski definition) is 1. The van der Waals surface area contributed by atoms with E-state index in [4.69, 9.17) is 0 Å². The van der Waals surface area contributed by atoms with Crippen LogP contribution in [0.4, 0.5) is 0 Å². The van der Waals surface area contributed by atoms with Crippen LogP contribution in [0, 0.1) is 0 Å². The fraction of sp³-hybridized carbons (Fsp3) is 0.500. The number of amides is 1. The molecular formula is C14H20BrClN2O3S. The summed E-state index contributed by atoms with van der Waals surface area (Å²) in [6.45, 7) is 3.90. The standard InChI is InChI=1S/C14H19BrN2O3S.ClH/c1-11-8-16-6-7-17(11)14(18)10-21(19,20)9-12-2-4-13(15)5-3-12;/h2-5,11,16H,6-10H2,1H3;1H/t11-;/m0./s1. The second-order valence-electron chi connectivity index (χ2n) is 5.30. The minimum Gasteiger partial charge on any atom is -0.337 e. The Morgan fingerprint density at radius 1 is 1.36 bits per heavy atom. The average Bonchev–Trinajstić information content (AvgIpc) is 2.41. The van der Waals surface area contributed by atoms with Crippen LogP contribution in [0.3, 0.4) is 0 Å². The van der Waals surface area contributed by atoms with Crippen molar-refractivity contribution in [3.63, 3.8) is 0 Å². The van der Waals surface area contributed by atoms with Crippen LogP contribution in [0.2, 0.25) is 0 Å². The van der Waals surface area contributed by atoms with Crippen LogP contribution in [0.25, 0.3) is 0 Å². The van der Waals surface area contributed by atoms with Crippen LogP contribution in [0.1, 0.15) is 12.5 Å². The van der Waals surface area contributed by atoms with Crippen molar-refractivity contribution in [2.75, 3.05) is 25.4 Å². The van der Waals surface area contributed by atoms with E-state index < -0.39 is 15.6 Å². The molecule has 0 radical (unpaired) electrons. The van der Waals surface area contributed by atoms with Gasteiger partial charge in [-0.3, -0.25) is 4.79 Å². The maximum Gasteiger partial charge on any atom is 0.238 e. The molecule has 1 aliphatic rings. The second kappa shape index (κ2) is 8.29. The van der Waals surface area contributed by atoms with Gasteiger partial charge in [-0.2, -0.15) is 0 Å². The first kappa shape index (κ1) is 19.4. The number of hydrogen-bond acceptors (Lipinski definition) is 4. The third-order valence-corrected chi connectivity index (χ3v) is 5.45. The highest BCUT2D eigenvalue weighted by Gasteiger charge is 2.27. The molecule has 0 spiro atoms. The number of nitrogens with zero attached hydrogens (tertiary/aromatic N) is 1. The summed E-state index contributed by atoms with van der Waals surface area (Å²) >= 11 is 3.31. The number of carbonyl (C=O) groups excluding carboxylic acids is 1. The van der Waals surface area contributed by atoms with Crippen molar-refractivity contribution in [1.29, 1.82) is 0 Å². The molecule has 0 saturated carbocycles. The summed E-state index contributed by atoms with van der Waals surface area (Å²) in [6.07, 6.45) is 0. The van der Waals surface area contributed by atoms with Gasteiger partial charge in [-0.05, 0) is 24.6 Å². The molecule has 22 heavy (non-hydrogen) atoms. The van der Waals surface area contributed by atoms with E-state index in [0.29, 0.717) is 25.2 Å². The lowest BCUT2D eigenvalue weighted by Crippen LogP contribution is -2.53. The predicted octanol–water partition coefficient (Wildman–Crippen LogP) is 1.61. The lowest BCUT2D eigenvalue weighted by Gasteiger charge is -2.33. The van der Waals surface area contributed by atoms with Gasteiger partial charge in [-0.1, -0.05) is 28.1 Å². The molecule has 1 aliphatic heterocycles. The van der Waals surface area contributed by atoms with Crippen molar-refractivity contribution in [3.8, 4) is 0 Å². The van der Waals surface area contributed by atoms with Gasteiger partial charge < -0.3 is 10.2 Å². The molecule has 0 bridgehead atoms. The first-order valence-corrected chi connectivity index (χ1v) is 9.44. The molecule has 1 atom stereocenters. The molecule has 0 aromatic heterocycles. The second-order valence-corrected chi connectivity index (χ2v) is 8.28. The number of carbonyl (C=O) groups is 1. The molecule has 1 N–H and O–H groups in total. The van der Waals surface area contributed by atoms with Gasteiger partial charge in [0.1, 0.15) is 5.75 Å². The number of benzene rings is 1. The third-order valence-electron chi connectivity index (χ3n) is 3.46. The molecule has 8 heteroatoms. The minimum atomic E-state index is -3.45. The largest absolute Gasteiger partial charge is 0.337 e. The molecule has 2 rings (SSSR count). The number of piperazine rings is 1. The Bertz CT molecular complexity index is 607. The van der Waals surface area contributed by atoms with Crippen molar-refractivity contribution in [3.05, 3.63) is 34.3 Å². The summed E-state index contributed by atoms with van der Waals surface area (Å²) in [6, 6.07) is 7.13. The first-order valence-electron chi connectivity index (χ1n) is 6.82. The van der Waals surface area contributed by atoms with Gasteiger partial charge in [0, 0.05) is 30.1 Å². The van der Waals surface area contributed by atoms with Crippen LogP contribution < -0.4 is 5.32 Å². The maximum atomic E-state index is 12.2. The van der Waals surface area contributed by atoms with E-state index in [2.05, 4.69) is 21.2 Å². The highest BCUT2D eigenvalue weighted by Crippen LogP contribution is 2.14. The van der Waals surface area contributed by atoms with Crippen molar-refractivity contribution < 1.29 is 13.2 Å². The smallest absolute Gasteiger partial charge is 0.238 e. The summed E-state index contributed by atoms with van der Waals surface area (Å²) in [7, 11) is -3.45. The summed E-state index contributed by atoms with van der Waals surface area (Å²) in [4.78, 5) is 13.8. The van der Waals surface area contributed by atoms with Gasteiger partial charge in [0.05, 0.1) is 5.75 Å². The Labute approximate surface area is 145 Å². The van der Waals surface area contributed by atoms with Crippen molar-refractivity contribution >= 4 is 44.1 Å². The number of halogens is 2. The topological polar surface area (TPSA) is 66.5 Å². The highest BCUT2D eigenvalue weighted by atomic mass is 79.9. The molecule has 1 amide bonds. The van der Waals surface area contributed by atoms with Crippen LogP contribution in [0.15, 0.2) is 28.7 Å². The zero-order valence-corrected chi connectivity index (χ0v) is 15.5. The maximum absolute atomic E-state index is 12.2. The Balaban J connectivity index is 0.00000242. The number of rotatable bonds is 4. The van der Waals surface area contributed by atoms with Gasteiger partial charge >= 0.3 is 0 Å². The lowest BCUT2D eigenvalue weighted by atomic mass is 10.2. The van der Waals surface area contributed by atoms with Crippen LogP contribution in [0.5, 0.6) is 0 Å². The molecule has 1 fully saturated rings. The van der Waals surface area contributed by atoms with Gasteiger partial charge in [0.2, 0.25) is 5.91 Å². The normalized spacial score (nSPS) is 18.6. The van der Waals surface area contributed by atoms with E-state index in [1.54, 1.807) is 29.2 Å². The van der Waals surface area contributed by atoms with E-state index in [0.717, 1.165) is 4.47 Å². The molecule has 0 aliphatic carbocycles. The first-order chi connectivity index (χ1) is 9.87. The number of nitrogens with one attached hydrogen (secondary N) is 1. The summed E-state index contributed by atoms with van der Waals surface area (Å²) in [5.74, 6) is -0.832. The Hall–Kier alpha value is -0.630. The Kier molecular flexibility index (Phi) is 7.31. The van der Waals surface area contributed by atoms with Crippen molar-refractivity contribution in [1.82, 2.24) is 10.2 Å². The van der Waals surface area contributed by atoms with E-state index in [1.165, 1.54) is 0 Å². The van der Waals surface area contributed by atoms with E-state index in [-0.39, 0.29) is 30.1 Å². The Morgan fingerprint density at radius 3 is 2.59 bits per heavy atom. The molecule has 5 nitrogen and oxygen atoms in total. The van der Waals surface area contributed by atoms with Crippen molar-refractivity contribution in [2.24, 2.45) is 0 Å². The van der Waals surface area contributed by atoms with E-state index >= 15 is 0 Å². The van der Waals surface area contributed by atoms with E-state index in [9.17, 15) is 13.2 Å². The molecule has 124 valence electrons. The van der Waals surface area contributed by atoms with Crippen molar-refractivity contribution in [2.45, 2.75) is 18.7 Å². The summed E-state index contributed by atoms with van der Waals surface area (Å²) in [5, 5.41) is 3.18. The van der Waals surface area contributed by atoms with Gasteiger partial charge in [-0.25, -0.2) is 8.42 Å². The van der Waals surface area contributed by atoms with Gasteiger partial charge in [0.25, 0.3) is 0 Å². The van der Waals surface area contributed by atoms with E-state index in [1.807, 2.05) is 6.92 Å². The molecule has 1 aromatic rings. The zero-order valence-electron chi connectivity index (χ0n) is 12.3. The predicted molar refractivity (Wildman–Crippen MR) is 92.9 cm³/mol. The van der Waals surface area contributed by atoms with Crippen LogP contribution >= 0.6 is 28.3 Å². The monoisotopic (exact) mass is 410 g/mol. The molecular weight excluding hydrogens is 392 g/mol. The van der Waals surface area contributed by atoms with Crippen LogP contribution in [-0.2, 0) is 20.4 Å². The number of sulfone groups is 1. The molecule has 1 heterocycles. The van der Waals surface area contributed by atoms with Crippen LogP contribution in [-0.4, -0.2) is 50.7 Å². The summed E-state index contributed by atoms with van der Waals surface area (Å²) < 4.78 is 25.2. The zero-order chi connectivity index (χ0) is 15.5. The van der Waals surface area contributed by atoms with Gasteiger partial charge in [0.15, 0.2) is 9.84 Å². The van der Waals surface area contributed by atoms with Gasteiger partial charge in [-0.15, -0.1) is 12.4 Å². The molecule has 1 saturated heterocycles. The fourth-order valence-corrected chi connectivity index (χ4v) is 3.98. The SMILES string of the molecule is C[C@H]1CNCCN1C(=O)CS(=O)(=O)Cc1ccc(Br)cc1.Cl. The molecule has 0 unspecified atom stereocenters. The lowest BCUT2D eigenvalue weighted by molar-refractivity contribution is -0.131. The quantitative estimate of drug-likeness (QED) is 0.817. The fourth-order valence-electron chi connectivity index (χ4n) is 2.37. The highest BCUT2D eigenvalue weighted by molar-refractivity contribution is 9.10. The average molecular weight is 412 g/mol. The summed E-state index contributed by atoms with van der Waals surface area (Å²) in [5.41, 5.74) is 0.694. The minimum absolute atomic E-state index is 0. The molecule has 1 aromatic carbocycles. The Morgan fingerprint density at radius 2 is 2.00 bits per heavy atom.